The number of fused-ring (bicyclic) bond motifs is 1. The molecule has 3 aromatic carbocycles. The van der Waals surface area contributed by atoms with E-state index in [9.17, 15) is 0 Å². The van der Waals surface area contributed by atoms with E-state index in [1.165, 1.54) is 27.8 Å². The van der Waals surface area contributed by atoms with E-state index < -0.39 is 0 Å². The van der Waals surface area contributed by atoms with E-state index in [1.807, 2.05) is 16.9 Å². The molecule has 0 atom stereocenters. The minimum atomic E-state index is 0.609. The maximum absolute atomic E-state index is 6.30. The standard InChI is InChI=1S/C28H26N4/c1-20-7-5-6-10-26(20)23-13-14-27-25(15-23)16-24(28(29)31-27)12-11-22-17-30-32(19-22)18-21-8-3-2-4-9-21/h2-10,13-17,19H,11-12,18H2,1H3,(H2,29,31). The first-order chi connectivity index (χ1) is 15.7. The van der Waals surface area contributed by atoms with E-state index in [-0.39, 0.29) is 0 Å². The normalized spacial score (nSPS) is 11.2. The topological polar surface area (TPSA) is 56.7 Å². The van der Waals surface area contributed by atoms with Crippen molar-refractivity contribution < 1.29 is 0 Å². The number of nitrogens with zero attached hydrogens (tertiary/aromatic N) is 3. The lowest BCUT2D eigenvalue weighted by Gasteiger charge is -2.10. The number of nitrogens with two attached hydrogens (primary N) is 1. The van der Waals surface area contributed by atoms with Crippen LogP contribution in [-0.2, 0) is 19.4 Å². The van der Waals surface area contributed by atoms with Gasteiger partial charge in [-0.2, -0.15) is 5.10 Å². The van der Waals surface area contributed by atoms with Crippen molar-refractivity contribution in [2.24, 2.45) is 0 Å². The van der Waals surface area contributed by atoms with E-state index >= 15 is 0 Å². The number of hydrogen-bond donors (Lipinski definition) is 1. The number of rotatable bonds is 6. The van der Waals surface area contributed by atoms with Crippen molar-refractivity contribution in [1.29, 1.82) is 0 Å². The summed E-state index contributed by atoms with van der Waals surface area (Å²) in [5, 5.41) is 5.64. The van der Waals surface area contributed by atoms with E-state index in [0.717, 1.165) is 35.9 Å². The van der Waals surface area contributed by atoms with Crippen LogP contribution in [0.1, 0.15) is 22.3 Å². The summed E-state index contributed by atoms with van der Waals surface area (Å²) in [7, 11) is 0. The van der Waals surface area contributed by atoms with Crippen molar-refractivity contribution in [3.8, 4) is 11.1 Å². The van der Waals surface area contributed by atoms with Gasteiger partial charge in [0.05, 0.1) is 18.3 Å². The molecule has 0 unspecified atom stereocenters. The molecule has 0 radical (unpaired) electrons. The Bertz CT molecular complexity index is 1370. The Labute approximate surface area is 188 Å². The van der Waals surface area contributed by atoms with Crippen LogP contribution in [0, 0.1) is 6.92 Å². The summed E-state index contributed by atoms with van der Waals surface area (Å²) in [5.41, 5.74) is 14.5. The largest absolute Gasteiger partial charge is 0.383 e. The molecule has 2 aromatic heterocycles. The molecule has 4 heteroatoms. The highest BCUT2D eigenvalue weighted by molar-refractivity contribution is 5.87. The van der Waals surface area contributed by atoms with Crippen LogP contribution in [0.25, 0.3) is 22.0 Å². The molecule has 5 aromatic rings. The highest BCUT2D eigenvalue weighted by atomic mass is 15.3. The lowest BCUT2D eigenvalue weighted by molar-refractivity contribution is 0.686. The van der Waals surface area contributed by atoms with Gasteiger partial charge >= 0.3 is 0 Å². The average Bonchev–Trinajstić information content (AvgIpc) is 3.25. The number of hydrogen-bond acceptors (Lipinski definition) is 3. The summed E-state index contributed by atoms with van der Waals surface area (Å²) in [6, 6.07) is 27.4. The second-order valence-corrected chi connectivity index (χ2v) is 8.29. The molecule has 0 saturated heterocycles. The second kappa shape index (κ2) is 8.67. The molecule has 32 heavy (non-hydrogen) atoms. The van der Waals surface area contributed by atoms with E-state index in [0.29, 0.717) is 5.82 Å². The van der Waals surface area contributed by atoms with Crippen LogP contribution in [-0.4, -0.2) is 14.8 Å². The summed E-state index contributed by atoms with van der Waals surface area (Å²) in [5.74, 6) is 0.609. The van der Waals surface area contributed by atoms with Crippen molar-refractivity contribution in [1.82, 2.24) is 14.8 Å². The van der Waals surface area contributed by atoms with Gasteiger partial charge in [0.25, 0.3) is 0 Å². The SMILES string of the molecule is Cc1ccccc1-c1ccc2nc(N)c(CCc3cnn(Cc4ccccc4)c3)cc2c1. The molecule has 0 spiro atoms. The van der Waals surface area contributed by atoms with Crippen LogP contribution in [0.3, 0.4) is 0 Å². The van der Waals surface area contributed by atoms with Gasteiger partial charge in [0, 0.05) is 11.6 Å². The molecule has 0 aliphatic rings. The van der Waals surface area contributed by atoms with Crippen LogP contribution < -0.4 is 5.73 Å². The first kappa shape index (κ1) is 20.0. The molecular formula is C28H26N4. The Kier molecular flexibility index (Phi) is 5.42. The molecule has 0 aliphatic heterocycles. The summed E-state index contributed by atoms with van der Waals surface area (Å²) in [6.45, 7) is 2.92. The molecule has 0 aliphatic carbocycles. The molecule has 158 valence electrons. The first-order valence-corrected chi connectivity index (χ1v) is 11.0. The Morgan fingerprint density at radius 3 is 2.50 bits per heavy atom. The lowest BCUT2D eigenvalue weighted by atomic mass is 9.98. The molecule has 0 bridgehead atoms. The van der Waals surface area contributed by atoms with Crippen molar-refractivity contribution in [3.63, 3.8) is 0 Å². The zero-order valence-electron chi connectivity index (χ0n) is 18.2. The first-order valence-electron chi connectivity index (χ1n) is 11.0. The quantitative estimate of drug-likeness (QED) is 0.378. The van der Waals surface area contributed by atoms with Gasteiger partial charge in [-0.05, 0) is 71.3 Å². The van der Waals surface area contributed by atoms with Crippen molar-refractivity contribution in [3.05, 3.63) is 114 Å². The Hall–Kier alpha value is -3.92. The molecule has 0 amide bonds. The zero-order chi connectivity index (χ0) is 21.9. The molecule has 2 heterocycles. The summed E-state index contributed by atoms with van der Waals surface area (Å²) < 4.78 is 1.99. The van der Waals surface area contributed by atoms with Crippen molar-refractivity contribution in [2.45, 2.75) is 26.3 Å². The fourth-order valence-electron chi connectivity index (χ4n) is 4.17. The van der Waals surface area contributed by atoms with Crippen molar-refractivity contribution in [2.75, 3.05) is 5.73 Å². The molecule has 0 saturated carbocycles. The van der Waals surface area contributed by atoms with Gasteiger partial charge in [-0.3, -0.25) is 4.68 Å². The number of aromatic nitrogens is 3. The summed E-state index contributed by atoms with van der Waals surface area (Å²) >= 11 is 0. The molecular weight excluding hydrogens is 392 g/mol. The maximum atomic E-state index is 6.30. The number of benzene rings is 3. The van der Waals surface area contributed by atoms with Gasteiger partial charge in [-0.25, -0.2) is 4.98 Å². The number of pyridine rings is 1. The monoisotopic (exact) mass is 418 g/mol. The van der Waals surface area contributed by atoms with Crippen LogP contribution in [0.4, 0.5) is 5.82 Å². The fraction of sp³-hybridized carbons (Fsp3) is 0.143. The van der Waals surface area contributed by atoms with Gasteiger partial charge in [0.2, 0.25) is 0 Å². The summed E-state index contributed by atoms with van der Waals surface area (Å²) in [6.07, 6.45) is 5.78. The molecule has 0 fully saturated rings. The Morgan fingerprint density at radius 1 is 0.844 bits per heavy atom. The number of aryl methyl sites for hydroxylation is 3. The highest BCUT2D eigenvalue weighted by Gasteiger charge is 2.09. The molecule has 2 N–H and O–H groups in total. The predicted molar refractivity (Wildman–Crippen MR) is 132 cm³/mol. The van der Waals surface area contributed by atoms with E-state index in [1.54, 1.807) is 0 Å². The third kappa shape index (κ3) is 4.26. The molecule has 5 rings (SSSR count). The lowest BCUT2D eigenvalue weighted by Crippen LogP contribution is -2.01. The van der Waals surface area contributed by atoms with E-state index in [2.05, 4.69) is 96.0 Å². The van der Waals surface area contributed by atoms with Crippen molar-refractivity contribution >= 4 is 16.7 Å². The smallest absolute Gasteiger partial charge is 0.127 e. The van der Waals surface area contributed by atoms with Gasteiger partial charge < -0.3 is 5.73 Å². The third-order valence-electron chi connectivity index (χ3n) is 5.94. The van der Waals surface area contributed by atoms with Gasteiger partial charge in [-0.15, -0.1) is 0 Å². The minimum absolute atomic E-state index is 0.609. The predicted octanol–water partition coefficient (Wildman–Crippen LogP) is 5.82. The minimum Gasteiger partial charge on any atom is -0.383 e. The average molecular weight is 419 g/mol. The Morgan fingerprint density at radius 2 is 1.66 bits per heavy atom. The van der Waals surface area contributed by atoms with Gasteiger partial charge in [0.1, 0.15) is 5.82 Å². The fourth-order valence-corrected chi connectivity index (χ4v) is 4.17. The third-order valence-corrected chi connectivity index (χ3v) is 5.94. The summed E-state index contributed by atoms with van der Waals surface area (Å²) in [4.78, 5) is 4.66. The van der Waals surface area contributed by atoms with Crippen LogP contribution >= 0.6 is 0 Å². The zero-order valence-corrected chi connectivity index (χ0v) is 18.2. The second-order valence-electron chi connectivity index (χ2n) is 8.29. The van der Waals surface area contributed by atoms with Crippen LogP contribution in [0.5, 0.6) is 0 Å². The van der Waals surface area contributed by atoms with E-state index in [4.69, 9.17) is 5.73 Å². The Balaban J connectivity index is 1.35. The highest BCUT2D eigenvalue weighted by Crippen LogP contribution is 2.28. The number of anilines is 1. The molecule has 4 nitrogen and oxygen atoms in total. The number of nitrogen functional groups attached to an aromatic ring is 1. The van der Waals surface area contributed by atoms with Crippen LogP contribution in [0.15, 0.2) is 91.3 Å². The van der Waals surface area contributed by atoms with Gasteiger partial charge in [-0.1, -0.05) is 60.7 Å². The maximum Gasteiger partial charge on any atom is 0.127 e. The van der Waals surface area contributed by atoms with Gasteiger partial charge in [0.15, 0.2) is 0 Å². The van der Waals surface area contributed by atoms with Crippen LogP contribution in [0.2, 0.25) is 0 Å².